The second-order valence-corrected chi connectivity index (χ2v) is 6.64. The van der Waals surface area contributed by atoms with Gasteiger partial charge in [0, 0.05) is 18.3 Å². The molecule has 1 unspecified atom stereocenters. The molecule has 1 N–H and O–H groups in total. The van der Waals surface area contributed by atoms with Gasteiger partial charge in [-0.05, 0) is 49.1 Å². The van der Waals surface area contributed by atoms with Gasteiger partial charge in [0.25, 0.3) is 0 Å². The van der Waals surface area contributed by atoms with Gasteiger partial charge in [0.2, 0.25) is 0 Å². The third-order valence-corrected chi connectivity index (χ3v) is 4.48. The zero-order valence-electron chi connectivity index (χ0n) is 14.3. The second kappa shape index (κ2) is 10.8. The quantitative estimate of drug-likeness (QED) is 0.466. The molecule has 4 nitrogen and oxygen atoms in total. The van der Waals surface area contributed by atoms with Crippen LogP contribution < -0.4 is 4.74 Å². The molecule has 1 heterocycles. The molecule has 134 valence electrons. The van der Waals surface area contributed by atoms with Crippen LogP contribution in [0.25, 0.3) is 0 Å². The zero-order chi connectivity index (χ0) is 17.9. The monoisotopic (exact) mass is 359 g/mol. The number of carboxylic acids is 1. The average Bonchev–Trinajstić information content (AvgIpc) is 2.63. The van der Waals surface area contributed by atoms with E-state index in [1.54, 1.807) is 6.20 Å². The van der Waals surface area contributed by atoms with E-state index in [2.05, 4.69) is 29.7 Å². The number of ether oxygens (including phenoxy) is 1. The smallest absolute Gasteiger partial charge is 0.316 e. The summed E-state index contributed by atoms with van der Waals surface area (Å²) in [6.45, 7) is 0.616. The molecule has 0 spiro atoms. The van der Waals surface area contributed by atoms with E-state index < -0.39 is 11.2 Å². The molecule has 5 heteroatoms. The molecule has 0 amide bonds. The standard InChI is InChI=1S/C20H25NO3S/c22-20(23)19(25)8-3-1-2-6-16-9-11-18(12-10-16)24-15-13-17-7-4-5-14-21-17/h4-5,7,9-12,14,19,25H,1-3,6,8,13,15H2,(H,22,23). The van der Waals surface area contributed by atoms with Crippen molar-refractivity contribution in [1.29, 1.82) is 0 Å². The molecule has 0 bridgehead atoms. The van der Waals surface area contributed by atoms with Crippen molar-refractivity contribution in [2.75, 3.05) is 6.61 Å². The molecular weight excluding hydrogens is 334 g/mol. The number of carbonyl (C=O) groups is 1. The molecule has 1 aromatic heterocycles. The highest BCUT2D eigenvalue weighted by Crippen LogP contribution is 2.16. The molecule has 25 heavy (non-hydrogen) atoms. The molecule has 0 aliphatic heterocycles. The number of thiol groups is 1. The topological polar surface area (TPSA) is 59.4 Å². The Bertz CT molecular complexity index is 631. The van der Waals surface area contributed by atoms with Crippen molar-refractivity contribution >= 4 is 18.6 Å². The predicted molar refractivity (Wildman–Crippen MR) is 102 cm³/mol. The van der Waals surface area contributed by atoms with Gasteiger partial charge in [0.1, 0.15) is 5.75 Å². The lowest BCUT2D eigenvalue weighted by molar-refractivity contribution is -0.136. The SMILES string of the molecule is O=C(O)C(S)CCCCCc1ccc(OCCc2ccccn2)cc1. The van der Waals surface area contributed by atoms with Crippen LogP contribution in [0, 0.1) is 0 Å². The number of benzene rings is 1. The highest BCUT2D eigenvalue weighted by Gasteiger charge is 2.10. The van der Waals surface area contributed by atoms with E-state index in [-0.39, 0.29) is 0 Å². The van der Waals surface area contributed by atoms with E-state index in [0.717, 1.165) is 43.5 Å². The summed E-state index contributed by atoms with van der Waals surface area (Å²) < 4.78 is 5.75. The van der Waals surface area contributed by atoms with E-state index in [0.29, 0.717) is 13.0 Å². The first-order valence-corrected chi connectivity index (χ1v) is 9.19. The van der Waals surface area contributed by atoms with E-state index in [1.165, 1.54) is 5.56 Å². The van der Waals surface area contributed by atoms with Gasteiger partial charge >= 0.3 is 5.97 Å². The van der Waals surface area contributed by atoms with Gasteiger partial charge in [-0.3, -0.25) is 9.78 Å². The normalized spacial score (nSPS) is 11.9. The van der Waals surface area contributed by atoms with E-state index in [9.17, 15) is 4.79 Å². The molecule has 0 saturated heterocycles. The number of carboxylic acid groups (broad SMARTS) is 1. The molecule has 2 aromatic rings. The molecule has 1 aromatic carbocycles. The lowest BCUT2D eigenvalue weighted by atomic mass is 10.1. The van der Waals surface area contributed by atoms with Gasteiger partial charge < -0.3 is 9.84 Å². The molecule has 0 radical (unpaired) electrons. The van der Waals surface area contributed by atoms with Crippen LogP contribution in [-0.4, -0.2) is 27.9 Å². The minimum atomic E-state index is -0.832. The minimum absolute atomic E-state index is 0.539. The fourth-order valence-electron chi connectivity index (χ4n) is 2.54. The van der Waals surface area contributed by atoms with Crippen molar-refractivity contribution in [3.8, 4) is 5.75 Å². The Labute approximate surface area is 154 Å². The molecule has 0 aliphatic rings. The summed E-state index contributed by atoms with van der Waals surface area (Å²) in [5.41, 5.74) is 2.31. The van der Waals surface area contributed by atoms with Gasteiger partial charge in [-0.2, -0.15) is 12.6 Å². The molecule has 0 aliphatic carbocycles. The second-order valence-electron chi connectivity index (χ2n) is 6.02. The largest absolute Gasteiger partial charge is 0.493 e. The van der Waals surface area contributed by atoms with Crippen LogP contribution in [0.5, 0.6) is 5.75 Å². The van der Waals surface area contributed by atoms with Crippen molar-refractivity contribution in [3.63, 3.8) is 0 Å². The highest BCUT2D eigenvalue weighted by molar-refractivity contribution is 7.81. The van der Waals surface area contributed by atoms with Gasteiger partial charge in [-0.15, -0.1) is 0 Å². The molecule has 2 rings (SSSR count). The summed E-state index contributed by atoms with van der Waals surface area (Å²) >= 11 is 4.04. The van der Waals surface area contributed by atoms with Gasteiger partial charge in [-0.1, -0.05) is 31.0 Å². The third-order valence-electron chi connectivity index (χ3n) is 4.00. The van der Waals surface area contributed by atoms with Gasteiger partial charge in [0.05, 0.1) is 11.9 Å². The van der Waals surface area contributed by atoms with Gasteiger partial charge in [0.15, 0.2) is 0 Å². The Morgan fingerprint density at radius 1 is 1.08 bits per heavy atom. The maximum Gasteiger partial charge on any atom is 0.316 e. The summed E-state index contributed by atoms with van der Waals surface area (Å²) in [5, 5.41) is 8.24. The first-order valence-electron chi connectivity index (χ1n) is 8.67. The number of aliphatic carboxylic acids is 1. The molecular formula is C20H25NO3S. The number of pyridine rings is 1. The van der Waals surface area contributed by atoms with Crippen molar-refractivity contribution in [1.82, 2.24) is 4.98 Å². The van der Waals surface area contributed by atoms with Gasteiger partial charge in [-0.25, -0.2) is 0 Å². The van der Waals surface area contributed by atoms with E-state index in [1.807, 2.05) is 30.3 Å². The van der Waals surface area contributed by atoms with Crippen LogP contribution >= 0.6 is 12.6 Å². The molecule has 1 atom stereocenters. The average molecular weight is 359 g/mol. The fraction of sp³-hybridized carbons (Fsp3) is 0.400. The van der Waals surface area contributed by atoms with Crippen molar-refractivity contribution < 1.29 is 14.6 Å². The molecule has 0 saturated carbocycles. The summed E-state index contributed by atoms with van der Waals surface area (Å²) in [4.78, 5) is 15.0. The number of unbranched alkanes of at least 4 members (excludes halogenated alkanes) is 2. The van der Waals surface area contributed by atoms with Crippen LogP contribution in [0.2, 0.25) is 0 Å². The van der Waals surface area contributed by atoms with E-state index >= 15 is 0 Å². The third kappa shape index (κ3) is 7.61. The first kappa shape index (κ1) is 19.3. The van der Waals surface area contributed by atoms with Crippen LogP contribution in [0.3, 0.4) is 0 Å². The van der Waals surface area contributed by atoms with Crippen LogP contribution in [0.4, 0.5) is 0 Å². The van der Waals surface area contributed by atoms with Crippen molar-refractivity contribution in [3.05, 3.63) is 59.9 Å². The Kier molecular flexibility index (Phi) is 8.32. The van der Waals surface area contributed by atoms with Crippen molar-refractivity contribution in [2.24, 2.45) is 0 Å². The molecule has 0 fully saturated rings. The summed E-state index contributed by atoms with van der Waals surface area (Å²) in [6, 6.07) is 14.1. The highest BCUT2D eigenvalue weighted by atomic mass is 32.1. The van der Waals surface area contributed by atoms with Crippen LogP contribution in [0.1, 0.15) is 36.9 Å². The number of rotatable bonds is 11. The number of hydrogen-bond donors (Lipinski definition) is 2. The first-order chi connectivity index (χ1) is 12.1. The predicted octanol–water partition coefficient (Wildman–Crippen LogP) is 4.19. The number of aromatic nitrogens is 1. The Morgan fingerprint density at radius 3 is 2.56 bits per heavy atom. The number of hydrogen-bond acceptors (Lipinski definition) is 4. The summed E-state index contributed by atoms with van der Waals surface area (Å²) in [5.74, 6) is 0.0426. The minimum Gasteiger partial charge on any atom is -0.493 e. The maximum absolute atomic E-state index is 10.7. The fourth-order valence-corrected chi connectivity index (χ4v) is 2.72. The number of aryl methyl sites for hydroxylation is 1. The Morgan fingerprint density at radius 2 is 1.88 bits per heavy atom. The lowest BCUT2D eigenvalue weighted by Crippen LogP contribution is -2.12. The summed E-state index contributed by atoms with van der Waals surface area (Å²) in [6.07, 6.45) is 7.19. The number of nitrogens with zero attached hydrogens (tertiary/aromatic N) is 1. The lowest BCUT2D eigenvalue weighted by Gasteiger charge is -2.08. The summed E-state index contributed by atoms with van der Waals surface area (Å²) in [7, 11) is 0. The van der Waals surface area contributed by atoms with Crippen LogP contribution in [-0.2, 0) is 17.6 Å². The Hall–Kier alpha value is -2.01. The Balaban J connectivity index is 1.62. The maximum atomic E-state index is 10.7. The van der Waals surface area contributed by atoms with E-state index in [4.69, 9.17) is 9.84 Å². The van der Waals surface area contributed by atoms with Crippen molar-refractivity contribution in [2.45, 2.75) is 43.8 Å². The van der Waals surface area contributed by atoms with Crippen LogP contribution in [0.15, 0.2) is 48.7 Å². The zero-order valence-corrected chi connectivity index (χ0v) is 15.2.